The summed E-state index contributed by atoms with van der Waals surface area (Å²) in [6.45, 7) is 3.42. The van der Waals surface area contributed by atoms with E-state index >= 15 is 0 Å². The van der Waals surface area contributed by atoms with Crippen LogP contribution in [-0.4, -0.2) is 28.9 Å². The first kappa shape index (κ1) is 17.2. The average Bonchev–Trinajstić information content (AvgIpc) is 2.98. The van der Waals surface area contributed by atoms with E-state index in [2.05, 4.69) is 53.5 Å². The first-order chi connectivity index (χ1) is 12.6. The van der Waals surface area contributed by atoms with Gasteiger partial charge in [-0.3, -0.25) is 4.79 Å². The van der Waals surface area contributed by atoms with Crippen LogP contribution < -0.4 is 0 Å². The molecule has 0 fully saturated rings. The van der Waals surface area contributed by atoms with Gasteiger partial charge in [0.15, 0.2) is 3.95 Å². The lowest BCUT2D eigenvalue weighted by Gasteiger charge is -2.27. The van der Waals surface area contributed by atoms with Crippen LogP contribution in [0.2, 0.25) is 0 Å². The predicted octanol–water partition coefficient (Wildman–Crippen LogP) is 5.13. The molecule has 0 aliphatic carbocycles. The maximum Gasteiger partial charge on any atom is 0.228 e. The molecule has 5 heteroatoms. The Morgan fingerprint density at radius 1 is 1.23 bits per heavy atom. The molecule has 1 aliphatic heterocycles. The van der Waals surface area contributed by atoms with E-state index in [4.69, 9.17) is 12.2 Å². The summed E-state index contributed by atoms with van der Waals surface area (Å²) < 4.78 is 0.738. The van der Waals surface area contributed by atoms with Gasteiger partial charge in [0, 0.05) is 23.7 Å². The highest BCUT2D eigenvalue weighted by atomic mass is 32.1. The van der Waals surface area contributed by atoms with Gasteiger partial charge in [-0.25, -0.2) is 0 Å². The Morgan fingerprint density at radius 3 is 2.77 bits per heavy atom. The van der Waals surface area contributed by atoms with E-state index in [1.807, 2.05) is 11.8 Å². The number of thiazole rings is 1. The first-order valence-electron chi connectivity index (χ1n) is 8.75. The molecule has 0 saturated heterocycles. The number of fused-ring (bicyclic) bond motifs is 1. The molecular formula is C21H20N2OS2. The first-order valence-corrected chi connectivity index (χ1v) is 9.98. The van der Waals surface area contributed by atoms with Crippen molar-refractivity contribution in [2.24, 2.45) is 0 Å². The number of benzene rings is 2. The van der Waals surface area contributed by atoms with Crippen LogP contribution in [0.4, 0.5) is 0 Å². The zero-order valence-electron chi connectivity index (χ0n) is 14.6. The molecule has 0 unspecified atom stereocenters. The van der Waals surface area contributed by atoms with E-state index in [0.717, 1.165) is 27.5 Å². The van der Waals surface area contributed by atoms with Crippen molar-refractivity contribution in [3.63, 3.8) is 0 Å². The third-order valence-electron chi connectivity index (χ3n) is 4.93. The minimum atomic E-state index is 0.173. The quantitative estimate of drug-likeness (QED) is 0.640. The zero-order valence-corrected chi connectivity index (χ0v) is 16.3. The van der Waals surface area contributed by atoms with Gasteiger partial charge in [-0.15, -0.1) is 11.3 Å². The maximum atomic E-state index is 12.6. The Morgan fingerprint density at radius 2 is 2.04 bits per heavy atom. The van der Waals surface area contributed by atoms with Gasteiger partial charge in [0.2, 0.25) is 5.91 Å². The molecule has 0 bridgehead atoms. The van der Waals surface area contributed by atoms with E-state index in [1.165, 1.54) is 33.2 Å². The van der Waals surface area contributed by atoms with Crippen LogP contribution >= 0.6 is 23.6 Å². The second kappa shape index (κ2) is 7.17. The van der Waals surface area contributed by atoms with Crippen molar-refractivity contribution in [2.45, 2.75) is 19.8 Å². The molecule has 2 aromatic carbocycles. The number of aryl methyl sites for hydroxylation is 1. The molecule has 4 rings (SSSR count). The van der Waals surface area contributed by atoms with Crippen molar-refractivity contribution in [1.82, 2.24) is 9.88 Å². The molecule has 3 aromatic rings. The molecule has 1 N–H and O–H groups in total. The number of nitrogens with one attached hydrogen (secondary N) is 1. The summed E-state index contributed by atoms with van der Waals surface area (Å²) >= 11 is 6.67. The summed E-state index contributed by atoms with van der Waals surface area (Å²) in [6.07, 6.45) is 3.53. The lowest BCUT2D eigenvalue weighted by molar-refractivity contribution is -0.130. The summed E-state index contributed by atoms with van der Waals surface area (Å²) in [7, 11) is 0. The van der Waals surface area contributed by atoms with Crippen molar-refractivity contribution in [2.75, 3.05) is 13.1 Å². The van der Waals surface area contributed by atoms with Crippen LogP contribution in [0.25, 0.3) is 16.3 Å². The Kier molecular flexibility index (Phi) is 4.74. The molecule has 0 atom stereocenters. The Hall–Kier alpha value is -2.24. The average molecular weight is 381 g/mol. The van der Waals surface area contributed by atoms with Crippen molar-refractivity contribution >= 4 is 45.8 Å². The second-order valence-corrected chi connectivity index (χ2v) is 8.36. The highest BCUT2D eigenvalue weighted by Gasteiger charge is 2.20. The predicted molar refractivity (Wildman–Crippen MR) is 111 cm³/mol. The van der Waals surface area contributed by atoms with Crippen LogP contribution in [0.15, 0.2) is 48.5 Å². The van der Waals surface area contributed by atoms with Gasteiger partial charge in [0.05, 0.1) is 6.42 Å². The smallest absolute Gasteiger partial charge is 0.228 e. The Balaban J connectivity index is 1.52. The summed E-state index contributed by atoms with van der Waals surface area (Å²) in [5.41, 5.74) is 3.63. The highest BCUT2D eigenvalue weighted by molar-refractivity contribution is 7.73. The summed E-state index contributed by atoms with van der Waals surface area (Å²) in [5.74, 6) is 0.173. The zero-order chi connectivity index (χ0) is 18.1. The number of hydrogen-bond acceptors (Lipinski definition) is 3. The number of aromatic nitrogens is 1. The fourth-order valence-corrected chi connectivity index (χ4v) is 4.78. The fraction of sp³-hybridized carbons (Fsp3) is 0.238. The molecule has 2 heterocycles. The molecule has 0 spiro atoms. The number of hydrogen-bond donors (Lipinski definition) is 1. The lowest BCUT2D eigenvalue weighted by atomic mass is 9.94. The molecular weight excluding hydrogens is 360 g/mol. The molecule has 132 valence electrons. The number of carbonyl (C=O) groups excluding carboxylic acids is 1. The summed E-state index contributed by atoms with van der Waals surface area (Å²) in [4.78, 5) is 18.7. The third-order valence-corrected chi connectivity index (χ3v) is 6.27. The maximum absolute atomic E-state index is 12.6. The van der Waals surface area contributed by atoms with Crippen molar-refractivity contribution in [1.29, 1.82) is 0 Å². The summed E-state index contributed by atoms with van der Waals surface area (Å²) in [5, 5.41) is 2.54. The minimum Gasteiger partial charge on any atom is -0.341 e. The minimum absolute atomic E-state index is 0.173. The van der Waals surface area contributed by atoms with Gasteiger partial charge < -0.3 is 9.88 Å². The fourth-order valence-electron chi connectivity index (χ4n) is 3.50. The second-order valence-electron chi connectivity index (χ2n) is 6.59. The molecule has 1 aromatic heterocycles. The van der Waals surface area contributed by atoms with Gasteiger partial charge in [-0.1, -0.05) is 48.5 Å². The van der Waals surface area contributed by atoms with Crippen LogP contribution in [0.1, 0.15) is 22.6 Å². The molecule has 0 saturated carbocycles. The number of carbonyl (C=O) groups is 1. The van der Waals surface area contributed by atoms with Crippen LogP contribution in [0.5, 0.6) is 0 Å². The summed E-state index contributed by atoms with van der Waals surface area (Å²) in [6, 6.07) is 14.9. The Labute approximate surface area is 162 Å². The standard InChI is InChI=1S/C21H20N2OS2/c1-14-19(26-21(25)22-14)13-20(24)23-11-9-16(10-12-23)18-8-4-6-15-5-2-3-7-17(15)18/h2-9H,10-13H2,1H3,(H,22,25). The van der Waals surface area contributed by atoms with E-state index in [1.54, 1.807) is 0 Å². The van der Waals surface area contributed by atoms with Gasteiger partial charge in [-0.2, -0.15) is 0 Å². The molecule has 26 heavy (non-hydrogen) atoms. The largest absolute Gasteiger partial charge is 0.341 e. The van der Waals surface area contributed by atoms with Crippen LogP contribution in [0.3, 0.4) is 0 Å². The normalized spacial score (nSPS) is 14.5. The van der Waals surface area contributed by atoms with Crippen molar-refractivity contribution < 1.29 is 4.79 Å². The number of rotatable bonds is 3. The van der Waals surface area contributed by atoms with Gasteiger partial charge in [0.25, 0.3) is 0 Å². The van der Waals surface area contributed by atoms with E-state index in [-0.39, 0.29) is 5.91 Å². The number of H-pyrrole nitrogens is 1. The van der Waals surface area contributed by atoms with Crippen molar-refractivity contribution in [3.8, 4) is 0 Å². The van der Waals surface area contributed by atoms with Gasteiger partial charge >= 0.3 is 0 Å². The topological polar surface area (TPSA) is 36.1 Å². The van der Waals surface area contributed by atoms with E-state index < -0.39 is 0 Å². The highest BCUT2D eigenvalue weighted by Crippen LogP contribution is 2.29. The SMILES string of the molecule is Cc1[nH]c(=S)sc1CC(=O)N1CC=C(c2cccc3ccccc23)CC1. The molecule has 3 nitrogen and oxygen atoms in total. The molecule has 1 amide bonds. The van der Waals surface area contributed by atoms with Crippen molar-refractivity contribution in [3.05, 3.63) is 68.6 Å². The Bertz CT molecular complexity index is 1060. The third kappa shape index (κ3) is 3.37. The monoisotopic (exact) mass is 380 g/mol. The molecule has 1 aliphatic rings. The van der Waals surface area contributed by atoms with Gasteiger partial charge in [0.1, 0.15) is 0 Å². The molecule has 0 radical (unpaired) electrons. The van der Waals surface area contributed by atoms with Crippen LogP contribution in [0, 0.1) is 10.9 Å². The van der Waals surface area contributed by atoms with E-state index in [0.29, 0.717) is 13.0 Å². The van der Waals surface area contributed by atoms with Gasteiger partial charge in [-0.05, 0) is 47.5 Å². The number of nitrogens with zero attached hydrogens (tertiary/aromatic N) is 1. The van der Waals surface area contributed by atoms with E-state index in [9.17, 15) is 4.79 Å². The number of amides is 1. The lowest BCUT2D eigenvalue weighted by Crippen LogP contribution is -2.35. The number of aromatic amines is 1. The van der Waals surface area contributed by atoms with Crippen LogP contribution in [-0.2, 0) is 11.2 Å².